The molecule has 18 heavy (non-hydrogen) atoms. The number of hydrogen-bond acceptors (Lipinski definition) is 2. The molecule has 0 rings (SSSR count). The molecule has 0 saturated carbocycles. The van der Waals surface area contributed by atoms with E-state index in [0.717, 1.165) is 5.92 Å². The largest absolute Gasteiger partial charge is 0.315 e. The molecule has 3 unspecified atom stereocenters. The topological polar surface area (TPSA) is 15.3 Å². The van der Waals surface area contributed by atoms with E-state index in [4.69, 9.17) is 0 Å². The summed E-state index contributed by atoms with van der Waals surface area (Å²) in [5.41, 5.74) is 0.258. The highest BCUT2D eigenvalue weighted by atomic mass is 15.2. The molecule has 2 nitrogen and oxygen atoms in total. The summed E-state index contributed by atoms with van der Waals surface area (Å²) in [7, 11) is 6.54. The van der Waals surface area contributed by atoms with Crippen LogP contribution in [0.5, 0.6) is 0 Å². The van der Waals surface area contributed by atoms with Crippen molar-refractivity contribution in [3.8, 4) is 0 Å². The van der Waals surface area contributed by atoms with Crippen molar-refractivity contribution in [1.82, 2.24) is 10.2 Å². The Morgan fingerprint density at radius 1 is 1.17 bits per heavy atom. The van der Waals surface area contributed by atoms with Gasteiger partial charge in [0.1, 0.15) is 0 Å². The summed E-state index contributed by atoms with van der Waals surface area (Å²) in [6.07, 6.45) is 7.88. The normalized spacial score (nSPS) is 18.7. The summed E-state index contributed by atoms with van der Waals surface area (Å²) in [6, 6.07) is 0.583. The highest BCUT2D eigenvalue weighted by Crippen LogP contribution is 2.28. The SMILES string of the molecule is CCCCC(CC)CC(NC)C(C)(CC)N(C)C. The fourth-order valence-electron chi connectivity index (χ4n) is 2.87. The second kappa shape index (κ2) is 8.92. The molecule has 0 aromatic carbocycles. The molecule has 0 aromatic heterocycles. The van der Waals surface area contributed by atoms with Crippen molar-refractivity contribution in [3.05, 3.63) is 0 Å². The van der Waals surface area contributed by atoms with Gasteiger partial charge in [0.15, 0.2) is 0 Å². The minimum atomic E-state index is 0.258. The summed E-state index contributed by atoms with van der Waals surface area (Å²) in [4.78, 5) is 2.39. The zero-order chi connectivity index (χ0) is 14.2. The molecule has 0 saturated heterocycles. The Balaban J connectivity index is 4.64. The van der Waals surface area contributed by atoms with E-state index in [1.165, 1.54) is 38.5 Å². The molecule has 0 amide bonds. The van der Waals surface area contributed by atoms with Crippen LogP contribution < -0.4 is 5.32 Å². The average molecular weight is 256 g/mol. The van der Waals surface area contributed by atoms with Crippen LogP contribution in [-0.2, 0) is 0 Å². The first kappa shape index (κ1) is 17.9. The maximum absolute atomic E-state index is 3.57. The minimum absolute atomic E-state index is 0.258. The van der Waals surface area contributed by atoms with Crippen molar-refractivity contribution < 1.29 is 0 Å². The standard InChI is InChI=1S/C16H36N2/c1-8-11-12-14(9-2)13-15(17-5)16(4,10-3)18(6)7/h14-15,17H,8-13H2,1-7H3. The Hall–Kier alpha value is -0.0800. The lowest BCUT2D eigenvalue weighted by molar-refractivity contribution is 0.100. The van der Waals surface area contributed by atoms with Crippen LogP contribution in [0.15, 0.2) is 0 Å². The first-order chi connectivity index (χ1) is 8.46. The van der Waals surface area contributed by atoms with Crippen LogP contribution in [-0.4, -0.2) is 37.6 Å². The molecule has 0 aliphatic rings. The van der Waals surface area contributed by atoms with Crippen LogP contribution in [0.2, 0.25) is 0 Å². The smallest absolute Gasteiger partial charge is 0.0325 e. The molecule has 0 fully saturated rings. The summed E-state index contributed by atoms with van der Waals surface area (Å²) in [5.74, 6) is 0.869. The van der Waals surface area contributed by atoms with Gasteiger partial charge < -0.3 is 10.2 Å². The van der Waals surface area contributed by atoms with Crippen molar-refractivity contribution in [3.63, 3.8) is 0 Å². The average Bonchev–Trinajstić information content (AvgIpc) is 2.38. The lowest BCUT2D eigenvalue weighted by Crippen LogP contribution is -2.56. The summed E-state index contributed by atoms with van der Waals surface area (Å²) < 4.78 is 0. The fraction of sp³-hybridized carbons (Fsp3) is 1.00. The zero-order valence-corrected chi connectivity index (χ0v) is 13.8. The lowest BCUT2D eigenvalue weighted by atomic mass is 9.80. The molecule has 110 valence electrons. The van der Waals surface area contributed by atoms with Gasteiger partial charge in [0.05, 0.1) is 0 Å². The van der Waals surface area contributed by atoms with Gasteiger partial charge >= 0.3 is 0 Å². The predicted octanol–water partition coefficient (Wildman–Crippen LogP) is 3.91. The lowest BCUT2D eigenvalue weighted by Gasteiger charge is -2.44. The van der Waals surface area contributed by atoms with Gasteiger partial charge in [0.2, 0.25) is 0 Å². The second-order valence-corrected chi connectivity index (χ2v) is 6.10. The van der Waals surface area contributed by atoms with Crippen molar-refractivity contribution in [2.45, 2.75) is 77.8 Å². The molecule has 2 heteroatoms. The third-order valence-corrected chi connectivity index (χ3v) is 4.95. The number of hydrogen-bond donors (Lipinski definition) is 1. The van der Waals surface area contributed by atoms with Crippen molar-refractivity contribution in [2.24, 2.45) is 5.92 Å². The maximum atomic E-state index is 3.57. The van der Waals surface area contributed by atoms with Crippen molar-refractivity contribution in [2.75, 3.05) is 21.1 Å². The van der Waals surface area contributed by atoms with Crippen LogP contribution >= 0.6 is 0 Å². The van der Waals surface area contributed by atoms with Crippen molar-refractivity contribution in [1.29, 1.82) is 0 Å². The van der Waals surface area contributed by atoms with E-state index >= 15 is 0 Å². The molecule has 0 bridgehead atoms. The molecule has 0 radical (unpaired) electrons. The van der Waals surface area contributed by atoms with Gasteiger partial charge in [-0.3, -0.25) is 0 Å². The van der Waals surface area contributed by atoms with Crippen LogP contribution in [0.25, 0.3) is 0 Å². The van der Waals surface area contributed by atoms with E-state index in [9.17, 15) is 0 Å². The number of unbranched alkanes of at least 4 members (excludes halogenated alkanes) is 1. The predicted molar refractivity (Wildman–Crippen MR) is 83.2 cm³/mol. The number of rotatable bonds is 10. The maximum Gasteiger partial charge on any atom is 0.0325 e. The third kappa shape index (κ3) is 4.89. The van der Waals surface area contributed by atoms with E-state index in [1.54, 1.807) is 0 Å². The first-order valence-electron chi connectivity index (χ1n) is 7.80. The summed E-state index contributed by atoms with van der Waals surface area (Å²) >= 11 is 0. The van der Waals surface area contributed by atoms with E-state index in [0.29, 0.717) is 6.04 Å². The highest BCUT2D eigenvalue weighted by Gasteiger charge is 2.34. The number of nitrogens with zero attached hydrogens (tertiary/aromatic N) is 1. The van der Waals surface area contributed by atoms with Crippen LogP contribution in [0.3, 0.4) is 0 Å². The Kier molecular flexibility index (Phi) is 8.89. The van der Waals surface area contributed by atoms with Gasteiger partial charge in [0.25, 0.3) is 0 Å². The molecular weight excluding hydrogens is 220 g/mol. The Bertz CT molecular complexity index is 203. The van der Waals surface area contributed by atoms with Gasteiger partial charge in [-0.2, -0.15) is 0 Å². The Morgan fingerprint density at radius 2 is 1.78 bits per heavy atom. The van der Waals surface area contributed by atoms with Gasteiger partial charge in [0, 0.05) is 11.6 Å². The molecule has 0 aromatic rings. The zero-order valence-electron chi connectivity index (χ0n) is 13.8. The highest BCUT2D eigenvalue weighted by molar-refractivity contribution is 4.94. The fourth-order valence-corrected chi connectivity index (χ4v) is 2.87. The van der Waals surface area contributed by atoms with E-state index in [2.05, 4.69) is 59.1 Å². The quantitative estimate of drug-likeness (QED) is 0.637. The van der Waals surface area contributed by atoms with E-state index in [1.807, 2.05) is 0 Å². The molecule has 0 spiro atoms. The molecule has 1 N–H and O–H groups in total. The first-order valence-corrected chi connectivity index (χ1v) is 7.80. The van der Waals surface area contributed by atoms with Gasteiger partial charge in [-0.15, -0.1) is 0 Å². The van der Waals surface area contributed by atoms with Crippen LogP contribution in [0.1, 0.15) is 66.2 Å². The summed E-state index contributed by atoms with van der Waals surface area (Å²) in [6.45, 7) is 9.32. The molecule has 0 aliphatic carbocycles. The molecular formula is C16H36N2. The van der Waals surface area contributed by atoms with Gasteiger partial charge in [-0.1, -0.05) is 46.5 Å². The number of nitrogens with one attached hydrogen (secondary N) is 1. The van der Waals surface area contributed by atoms with Gasteiger partial charge in [-0.05, 0) is 46.8 Å². The molecule has 0 heterocycles. The Labute approximate surface area is 116 Å². The van der Waals surface area contributed by atoms with E-state index < -0.39 is 0 Å². The molecule has 3 atom stereocenters. The van der Waals surface area contributed by atoms with E-state index in [-0.39, 0.29) is 5.54 Å². The molecule has 0 aliphatic heterocycles. The van der Waals surface area contributed by atoms with Crippen molar-refractivity contribution >= 4 is 0 Å². The second-order valence-electron chi connectivity index (χ2n) is 6.10. The number of likely N-dealkylation sites (N-methyl/N-ethyl adjacent to an activating group) is 2. The summed E-state index contributed by atoms with van der Waals surface area (Å²) in [5, 5.41) is 3.57. The van der Waals surface area contributed by atoms with Crippen LogP contribution in [0, 0.1) is 5.92 Å². The van der Waals surface area contributed by atoms with Gasteiger partial charge in [-0.25, -0.2) is 0 Å². The van der Waals surface area contributed by atoms with Crippen LogP contribution in [0.4, 0.5) is 0 Å². The third-order valence-electron chi connectivity index (χ3n) is 4.95. The Morgan fingerprint density at radius 3 is 2.11 bits per heavy atom. The monoisotopic (exact) mass is 256 g/mol. The minimum Gasteiger partial charge on any atom is -0.315 e.